The third kappa shape index (κ3) is 3.16. The van der Waals surface area contributed by atoms with E-state index in [0.29, 0.717) is 46.2 Å². The fourth-order valence-corrected chi connectivity index (χ4v) is 4.24. The first-order valence-electron chi connectivity index (χ1n) is 8.41. The maximum atomic E-state index is 14.0. The molecule has 0 spiro atoms. The molecule has 0 saturated carbocycles. The molecule has 6 nitrogen and oxygen atoms in total. The van der Waals surface area contributed by atoms with E-state index in [-0.39, 0.29) is 23.5 Å². The van der Waals surface area contributed by atoms with Gasteiger partial charge in [-0.2, -0.15) is 0 Å². The van der Waals surface area contributed by atoms with Gasteiger partial charge in [-0.15, -0.1) is 0 Å². The Morgan fingerprint density at radius 2 is 2.07 bits per heavy atom. The SMILES string of the molecule is Cc1nc(N)nc2c1C(=O)CC(c1ccc(F)cc1-c1csc(O[11CH3])n1)C2. The summed E-state index contributed by atoms with van der Waals surface area (Å²) in [5, 5.41) is 2.32. The molecule has 0 saturated heterocycles. The van der Waals surface area contributed by atoms with Crippen LogP contribution < -0.4 is 10.5 Å². The Morgan fingerprint density at radius 1 is 1.26 bits per heavy atom. The number of aromatic nitrogens is 3. The first-order chi connectivity index (χ1) is 13.0. The van der Waals surface area contributed by atoms with Gasteiger partial charge in [0.15, 0.2) is 5.78 Å². The van der Waals surface area contributed by atoms with Crippen molar-refractivity contribution in [2.45, 2.75) is 25.7 Å². The summed E-state index contributed by atoms with van der Waals surface area (Å²) in [7, 11) is 1.54. The zero-order chi connectivity index (χ0) is 19.1. The number of hydrogen-bond donors (Lipinski definition) is 1. The van der Waals surface area contributed by atoms with Crippen LogP contribution in [0.5, 0.6) is 5.19 Å². The summed E-state index contributed by atoms with van der Waals surface area (Å²) < 4.78 is 19.1. The molecule has 1 atom stereocenters. The fourth-order valence-electron chi connectivity index (χ4n) is 3.60. The standard InChI is InChI=1S/C19H17FN4O2S/c1-9-17-14(23-18(21)22-9)5-10(6-16(17)25)12-4-3-11(20)7-13(12)15-8-27-19(24-15)26-2/h3-4,7-8,10H,5-6H2,1-2H3,(H2,21,22,23)/i2-1. The molecule has 1 aliphatic rings. The van der Waals surface area contributed by atoms with Crippen LogP contribution in [0.1, 0.15) is 39.6 Å². The fraction of sp³-hybridized carbons (Fsp3) is 0.263. The molecule has 1 aromatic carbocycles. The van der Waals surface area contributed by atoms with Crippen LogP contribution in [0, 0.1) is 12.7 Å². The molecule has 27 heavy (non-hydrogen) atoms. The highest BCUT2D eigenvalue weighted by atomic mass is 32.1. The molecule has 0 amide bonds. The number of carbonyl (C=O) groups excluding carboxylic acids is 1. The Kier molecular flexibility index (Phi) is 4.35. The smallest absolute Gasteiger partial charge is 0.273 e. The zero-order valence-electron chi connectivity index (χ0n) is 14.8. The van der Waals surface area contributed by atoms with Crippen molar-refractivity contribution in [2.24, 2.45) is 0 Å². The maximum Gasteiger partial charge on any atom is 0.273 e. The van der Waals surface area contributed by atoms with Gasteiger partial charge in [0.25, 0.3) is 5.19 Å². The number of ether oxygens (including phenoxy) is 1. The Balaban J connectivity index is 1.79. The average Bonchev–Trinajstić information content (AvgIpc) is 3.09. The molecule has 0 aliphatic heterocycles. The highest BCUT2D eigenvalue weighted by molar-refractivity contribution is 7.11. The molecule has 0 radical (unpaired) electrons. The molecule has 2 N–H and O–H groups in total. The normalized spacial score (nSPS) is 16.3. The number of anilines is 1. The van der Waals surface area contributed by atoms with E-state index in [1.165, 1.54) is 30.6 Å². The van der Waals surface area contributed by atoms with Crippen molar-refractivity contribution in [3.05, 3.63) is 51.9 Å². The van der Waals surface area contributed by atoms with Crippen molar-refractivity contribution >= 4 is 23.1 Å². The number of methoxy groups -OCH3 is 1. The maximum absolute atomic E-state index is 14.0. The van der Waals surface area contributed by atoms with Gasteiger partial charge in [0.05, 0.1) is 29.8 Å². The second-order valence-electron chi connectivity index (χ2n) is 6.45. The van der Waals surface area contributed by atoms with Crippen molar-refractivity contribution in [1.82, 2.24) is 15.0 Å². The van der Waals surface area contributed by atoms with E-state index in [4.69, 9.17) is 10.5 Å². The minimum Gasteiger partial charge on any atom is -0.473 e. The van der Waals surface area contributed by atoms with Crippen molar-refractivity contribution in [3.63, 3.8) is 0 Å². The van der Waals surface area contributed by atoms with Gasteiger partial charge in [-0.1, -0.05) is 17.4 Å². The lowest BCUT2D eigenvalue weighted by Crippen LogP contribution is -2.23. The highest BCUT2D eigenvalue weighted by Gasteiger charge is 2.31. The predicted molar refractivity (Wildman–Crippen MR) is 101 cm³/mol. The number of nitrogen functional groups attached to an aromatic ring is 1. The van der Waals surface area contributed by atoms with E-state index < -0.39 is 0 Å². The molecular weight excluding hydrogens is 366 g/mol. The van der Waals surface area contributed by atoms with Gasteiger partial charge in [0.2, 0.25) is 5.95 Å². The first-order valence-corrected chi connectivity index (χ1v) is 9.29. The summed E-state index contributed by atoms with van der Waals surface area (Å²) in [6.07, 6.45) is 0.843. The average molecular weight is 383 g/mol. The van der Waals surface area contributed by atoms with Gasteiger partial charge in [0.1, 0.15) is 5.82 Å². The second kappa shape index (κ2) is 6.70. The number of Topliss-reactive ketones (excluding diaryl/α,β-unsaturated/α-hetero) is 1. The lowest BCUT2D eigenvalue weighted by atomic mass is 9.79. The van der Waals surface area contributed by atoms with E-state index in [2.05, 4.69) is 15.0 Å². The number of thiazole rings is 1. The van der Waals surface area contributed by atoms with Crippen molar-refractivity contribution in [3.8, 4) is 16.5 Å². The van der Waals surface area contributed by atoms with E-state index in [0.717, 1.165) is 5.56 Å². The summed E-state index contributed by atoms with van der Waals surface area (Å²) >= 11 is 1.34. The molecule has 8 heteroatoms. The lowest BCUT2D eigenvalue weighted by Gasteiger charge is -2.25. The van der Waals surface area contributed by atoms with Gasteiger partial charge >= 0.3 is 0 Å². The highest BCUT2D eigenvalue weighted by Crippen LogP contribution is 2.39. The third-order valence-corrected chi connectivity index (χ3v) is 5.52. The lowest BCUT2D eigenvalue weighted by molar-refractivity contribution is 0.0962. The monoisotopic (exact) mass is 383 g/mol. The number of nitrogens with two attached hydrogens (primary N) is 1. The van der Waals surface area contributed by atoms with Crippen LogP contribution in [0.3, 0.4) is 0 Å². The minimum atomic E-state index is -0.356. The van der Waals surface area contributed by atoms with Crippen molar-refractivity contribution in [2.75, 3.05) is 12.8 Å². The molecule has 4 rings (SSSR count). The number of fused-ring (bicyclic) bond motifs is 1. The second-order valence-corrected chi connectivity index (χ2v) is 7.27. The summed E-state index contributed by atoms with van der Waals surface area (Å²) in [6, 6.07) is 4.57. The van der Waals surface area contributed by atoms with Gasteiger partial charge in [-0.3, -0.25) is 4.79 Å². The van der Waals surface area contributed by atoms with Gasteiger partial charge in [-0.05, 0) is 37.0 Å². The molecule has 2 aromatic heterocycles. The van der Waals surface area contributed by atoms with Crippen LogP contribution in [0.4, 0.5) is 10.3 Å². The molecule has 3 aromatic rings. The topological polar surface area (TPSA) is 91.0 Å². The van der Waals surface area contributed by atoms with Crippen LogP contribution in [-0.4, -0.2) is 27.8 Å². The number of benzene rings is 1. The largest absolute Gasteiger partial charge is 0.473 e. The molecule has 0 bridgehead atoms. The molecule has 0 fully saturated rings. The molecule has 1 aliphatic carbocycles. The third-order valence-electron chi connectivity index (χ3n) is 4.72. The summed E-state index contributed by atoms with van der Waals surface area (Å²) in [6.45, 7) is 1.76. The van der Waals surface area contributed by atoms with Gasteiger partial charge in [0, 0.05) is 17.4 Å². The van der Waals surface area contributed by atoms with E-state index in [1.807, 2.05) is 5.38 Å². The van der Waals surface area contributed by atoms with Crippen LogP contribution in [0.25, 0.3) is 11.3 Å². The zero-order valence-corrected chi connectivity index (χ0v) is 15.6. The van der Waals surface area contributed by atoms with Gasteiger partial charge in [-0.25, -0.2) is 19.3 Å². The first kappa shape index (κ1) is 17.5. The summed E-state index contributed by atoms with van der Waals surface area (Å²) in [5.74, 6) is -0.360. The number of hydrogen-bond acceptors (Lipinski definition) is 7. The molecular formula is C19H17FN4O2S. The van der Waals surface area contributed by atoms with Crippen LogP contribution in [-0.2, 0) is 6.42 Å². The predicted octanol–water partition coefficient (Wildman–Crippen LogP) is 3.55. The van der Waals surface area contributed by atoms with Crippen LogP contribution >= 0.6 is 11.3 Å². The number of nitrogens with zero attached hydrogens (tertiary/aromatic N) is 3. The van der Waals surface area contributed by atoms with Crippen molar-refractivity contribution in [1.29, 1.82) is 0 Å². The Bertz CT molecular complexity index is 1050. The molecule has 1 unspecified atom stereocenters. The van der Waals surface area contributed by atoms with Crippen LogP contribution in [0.2, 0.25) is 0 Å². The van der Waals surface area contributed by atoms with E-state index in [9.17, 15) is 9.18 Å². The van der Waals surface area contributed by atoms with Crippen molar-refractivity contribution < 1.29 is 13.9 Å². The quantitative estimate of drug-likeness (QED) is 0.744. The van der Waals surface area contributed by atoms with E-state index >= 15 is 0 Å². The minimum absolute atomic E-state index is 0.0233. The molecule has 2 heterocycles. The number of carbonyl (C=O) groups is 1. The molecule has 138 valence electrons. The summed E-state index contributed by atoms with van der Waals surface area (Å²) in [5.41, 5.74) is 9.72. The number of aryl methyl sites for hydroxylation is 1. The Hall–Kier alpha value is -2.87. The van der Waals surface area contributed by atoms with Crippen LogP contribution in [0.15, 0.2) is 23.6 Å². The Labute approximate surface area is 159 Å². The summed E-state index contributed by atoms with van der Waals surface area (Å²) in [4.78, 5) is 25.5. The number of ketones is 1. The Morgan fingerprint density at radius 3 is 2.81 bits per heavy atom. The number of rotatable bonds is 3. The van der Waals surface area contributed by atoms with Gasteiger partial charge < -0.3 is 10.5 Å². The number of halogens is 1. The van der Waals surface area contributed by atoms with E-state index in [1.54, 1.807) is 13.0 Å².